The first-order valence-electron chi connectivity index (χ1n) is 7.36. The summed E-state index contributed by atoms with van der Waals surface area (Å²) < 4.78 is 119. The molecule has 0 spiro atoms. The van der Waals surface area contributed by atoms with Gasteiger partial charge < -0.3 is 19.9 Å². The zero-order chi connectivity index (χ0) is 23.3. The van der Waals surface area contributed by atoms with Gasteiger partial charge in [-0.3, -0.25) is 4.79 Å². The summed E-state index contributed by atoms with van der Waals surface area (Å²) >= 11 is 0. The lowest BCUT2D eigenvalue weighted by atomic mass is 10.2. The zero-order valence-corrected chi connectivity index (χ0v) is 14.2. The van der Waals surface area contributed by atoms with Crippen LogP contribution < -0.4 is 5.32 Å². The number of amides is 1. The van der Waals surface area contributed by atoms with Crippen molar-refractivity contribution in [2.24, 2.45) is 0 Å². The summed E-state index contributed by atoms with van der Waals surface area (Å²) in [5.41, 5.74) is -2.23. The van der Waals surface area contributed by atoms with Crippen LogP contribution in [-0.2, 0) is 19.1 Å². The van der Waals surface area contributed by atoms with Crippen molar-refractivity contribution in [2.75, 3.05) is 11.9 Å². The standard InChI is InChI=1S/C15H10F9NO5/c16-13(17,18)6-29-10(27)8(9(26)25-7-4-2-1-3-5-7)11(28)30-12(14(19,20)21)15(22,23)24/h1-5,12,27H,6H2,(H,25,26)/b10-8-. The van der Waals surface area contributed by atoms with Gasteiger partial charge in [-0.15, -0.1) is 0 Å². The summed E-state index contributed by atoms with van der Waals surface area (Å²) in [5.74, 6) is -6.83. The minimum atomic E-state index is -6.18. The molecule has 0 saturated heterocycles. The number of aliphatic hydroxyl groups excluding tert-OH is 1. The largest absolute Gasteiger partial charge is 0.480 e. The number of esters is 1. The summed E-state index contributed by atoms with van der Waals surface area (Å²) in [6.07, 6.45) is -22.2. The van der Waals surface area contributed by atoms with Gasteiger partial charge in [-0.1, -0.05) is 18.2 Å². The molecule has 0 aliphatic rings. The zero-order valence-electron chi connectivity index (χ0n) is 14.2. The molecular weight excluding hydrogens is 445 g/mol. The number of aliphatic hydroxyl groups is 1. The van der Waals surface area contributed by atoms with Crippen molar-refractivity contribution in [1.29, 1.82) is 0 Å². The normalized spacial score (nSPS) is 13.5. The van der Waals surface area contributed by atoms with Crippen LogP contribution >= 0.6 is 0 Å². The van der Waals surface area contributed by atoms with E-state index in [-0.39, 0.29) is 5.69 Å². The van der Waals surface area contributed by atoms with Gasteiger partial charge in [-0.25, -0.2) is 4.79 Å². The highest BCUT2D eigenvalue weighted by Crippen LogP contribution is 2.36. The van der Waals surface area contributed by atoms with Gasteiger partial charge in [0.25, 0.3) is 18.0 Å². The number of hydrogen-bond acceptors (Lipinski definition) is 5. The molecule has 0 aromatic heterocycles. The predicted octanol–water partition coefficient (Wildman–Crippen LogP) is 4.01. The lowest BCUT2D eigenvalue weighted by Crippen LogP contribution is -2.46. The lowest BCUT2D eigenvalue weighted by molar-refractivity contribution is -0.312. The number of carbonyl (C=O) groups is 2. The van der Waals surface area contributed by atoms with Crippen LogP contribution in [0.1, 0.15) is 0 Å². The molecule has 0 fully saturated rings. The third-order valence-corrected chi connectivity index (χ3v) is 2.87. The van der Waals surface area contributed by atoms with E-state index in [1.54, 1.807) is 5.32 Å². The molecule has 0 unspecified atom stereocenters. The van der Waals surface area contributed by atoms with E-state index in [4.69, 9.17) is 0 Å². The molecule has 1 rings (SSSR count). The number of hydrogen-bond donors (Lipinski definition) is 2. The summed E-state index contributed by atoms with van der Waals surface area (Å²) in [4.78, 5) is 23.8. The Morgan fingerprint density at radius 3 is 1.87 bits per heavy atom. The number of para-hydroxylation sites is 1. The Labute approximate surface area is 160 Å². The second-order valence-electron chi connectivity index (χ2n) is 5.27. The van der Waals surface area contributed by atoms with Crippen molar-refractivity contribution in [2.45, 2.75) is 24.6 Å². The van der Waals surface area contributed by atoms with Gasteiger partial charge in [0.05, 0.1) is 0 Å². The highest BCUT2D eigenvalue weighted by atomic mass is 19.4. The Kier molecular flexibility index (Phi) is 7.58. The van der Waals surface area contributed by atoms with E-state index < -0.39 is 54.6 Å². The molecule has 30 heavy (non-hydrogen) atoms. The SMILES string of the molecule is O=C(Nc1ccccc1)/C(C(=O)OC(C(F)(F)F)C(F)(F)F)=C(\O)OCC(F)(F)F. The van der Waals surface area contributed by atoms with E-state index in [0.29, 0.717) is 0 Å². The van der Waals surface area contributed by atoms with E-state index in [9.17, 15) is 54.2 Å². The Hall–Kier alpha value is -3.13. The molecule has 6 nitrogen and oxygen atoms in total. The first kappa shape index (κ1) is 24.9. The molecule has 0 saturated carbocycles. The molecule has 0 aliphatic heterocycles. The number of carbonyl (C=O) groups excluding carboxylic acids is 2. The Balaban J connectivity index is 3.27. The number of benzene rings is 1. The van der Waals surface area contributed by atoms with Crippen LogP contribution in [0.25, 0.3) is 0 Å². The van der Waals surface area contributed by atoms with Crippen molar-refractivity contribution < 1.29 is 63.7 Å². The first-order chi connectivity index (χ1) is 13.5. The lowest BCUT2D eigenvalue weighted by Gasteiger charge is -2.23. The topological polar surface area (TPSA) is 84.9 Å². The second kappa shape index (κ2) is 9.13. The van der Waals surface area contributed by atoms with Gasteiger partial charge in [0.15, 0.2) is 6.61 Å². The number of halogens is 9. The van der Waals surface area contributed by atoms with Crippen LogP contribution in [0.3, 0.4) is 0 Å². The van der Waals surface area contributed by atoms with Gasteiger partial charge in [0.2, 0.25) is 5.57 Å². The molecule has 1 aromatic rings. The van der Waals surface area contributed by atoms with Crippen LogP contribution in [-0.4, -0.2) is 48.2 Å². The van der Waals surface area contributed by atoms with Gasteiger partial charge in [-0.2, -0.15) is 39.5 Å². The predicted molar refractivity (Wildman–Crippen MR) is 78.7 cm³/mol. The van der Waals surface area contributed by atoms with Crippen LogP contribution in [0.4, 0.5) is 45.2 Å². The molecule has 1 aromatic carbocycles. The van der Waals surface area contributed by atoms with Crippen molar-refractivity contribution in [3.05, 3.63) is 41.9 Å². The Bertz CT molecular complexity index is 770. The molecule has 1 amide bonds. The van der Waals surface area contributed by atoms with E-state index in [2.05, 4.69) is 9.47 Å². The fourth-order valence-electron chi connectivity index (χ4n) is 1.70. The van der Waals surface area contributed by atoms with Crippen LogP contribution in [0.5, 0.6) is 0 Å². The highest BCUT2D eigenvalue weighted by Gasteiger charge is 2.60. The number of rotatable bonds is 6. The average Bonchev–Trinajstić information content (AvgIpc) is 2.56. The minimum Gasteiger partial charge on any atom is -0.480 e. The Morgan fingerprint density at radius 2 is 1.43 bits per heavy atom. The second-order valence-corrected chi connectivity index (χ2v) is 5.27. The van der Waals surface area contributed by atoms with Crippen molar-refractivity contribution >= 4 is 17.6 Å². The molecule has 0 radical (unpaired) electrons. The van der Waals surface area contributed by atoms with E-state index >= 15 is 0 Å². The quantitative estimate of drug-likeness (QED) is 0.169. The summed E-state index contributed by atoms with van der Waals surface area (Å²) in [6, 6.07) is 6.33. The molecular formula is C15H10F9NO5. The molecule has 0 atom stereocenters. The Morgan fingerprint density at radius 1 is 0.933 bits per heavy atom. The molecule has 2 N–H and O–H groups in total. The summed E-state index contributed by atoms with van der Waals surface area (Å²) in [5, 5.41) is 11.2. The number of nitrogens with one attached hydrogen (secondary N) is 1. The van der Waals surface area contributed by atoms with Crippen molar-refractivity contribution in [1.82, 2.24) is 0 Å². The molecule has 0 heterocycles. The summed E-state index contributed by atoms with van der Waals surface area (Å²) in [7, 11) is 0. The maximum Gasteiger partial charge on any atom is 0.434 e. The van der Waals surface area contributed by atoms with Crippen LogP contribution in [0.15, 0.2) is 41.9 Å². The average molecular weight is 455 g/mol. The molecule has 15 heteroatoms. The van der Waals surface area contributed by atoms with Crippen molar-refractivity contribution in [3.63, 3.8) is 0 Å². The third-order valence-electron chi connectivity index (χ3n) is 2.87. The highest BCUT2D eigenvalue weighted by molar-refractivity contribution is 6.21. The number of alkyl halides is 9. The van der Waals surface area contributed by atoms with Gasteiger partial charge in [-0.05, 0) is 12.1 Å². The van der Waals surface area contributed by atoms with Gasteiger partial charge >= 0.3 is 24.5 Å². The van der Waals surface area contributed by atoms with Gasteiger partial charge in [0.1, 0.15) is 0 Å². The fraction of sp³-hybridized carbons (Fsp3) is 0.333. The summed E-state index contributed by atoms with van der Waals surface area (Å²) in [6.45, 7) is -2.32. The first-order valence-corrected chi connectivity index (χ1v) is 7.36. The molecule has 0 bridgehead atoms. The van der Waals surface area contributed by atoms with E-state index in [1.807, 2.05) is 0 Å². The smallest absolute Gasteiger partial charge is 0.434 e. The van der Waals surface area contributed by atoms with Crippen LogP contribution in [0, 0.1) is 0 Å². The molecule has 168 valence electrons. The van der Waals surface area contributed by atoms with E-state index in [0.717, 1.165) is 12.1 Å². The number of ether oxygens (including phenoxy) is 2. The third kappa shape index (κ3) is 7.71. The monoisotopic (exact) mass is 455 g/mol. The maximum atomic E-state index is 12.5. The van der Waals surface area contributed by atoms with Gasteiger partial charge in [0, 0.05) is 5.69 Å². The number of anilines is 1. The minimum absolute atomic E-state index is 0.181. The molecule has 0 aliphatic carbocycles. The van der Waals surface area contributed by atoms with Crippen molar-refractivity contribution in [3.8, 4) is 0 Å². The van der Waals surface area contributed by atoms with Crippen LogP contribution in [0.2, 0.25) is 0 Å². The maximum absolute atomic E-state index is 12.5. The fourth-order valence-corrected chi connectivity index (χ4v) is 1.70. The van der Waals surface area contributed by atoms with E-state index in [1.165, 1.54) is 18.2 Å².